The van der Waals surface area contributed by atoms with Crippen LogP contribution in [-0.2, 0) is 23.2 Å². The number of phenols is 1. The number of hydrogen-bond donors (Lipinski definition) is 2. The molecule has 0 aliphatic carbocycles. The van der Waals surface area contributed by atoms with Gasteiger partial charge in [0.25, 0.3) is 0 Å². The Balaban J connectivity index is 1.75. The molecule has 0 aliphatic rings. The van der Waals surface area contributed by atoms with Gasteiger partial charge in [-0.25, -0.2) is 4.68 Å². The molecular weight excluding hydrogens is 350 g/mol. The number of hydrogen-bond acceptors (Lipinski definition) is 3. The van der Waals surface area contributed by atoms with Crippen LogP contribution in [0.4, 0.5) is 5.82 Å². The summed E-state index contributed by atoms with van der Waals surface area (Å²) < 4.78 is 1.84. The normalized spacial score (nSPS) is 11.4. The van der Waals surface area contributed by atoms with E-state index in [0.717, 1.165) is 16.8 Å². The maximum Gasteiger partial charge on any atom is 0.225 e. The van der Waals surface area contributed by atoms with Crippen LogP contribution < -0.4 is 5.32 Å². The summed E-state index contributed by atoms with van der Waals surface area (Å²) in [7, 11) is 0. The number of aromatic hydroxyl groups is 1. The summed E-state index contributed by atoms with van der Waals surface area (Å²) in [5.41, 5.74) is 2.71. The highest BCUT2D eigenvalue weighted by Crippen LogP contribution is 2.25. The van der Waals surface area contributed by atoms with Crippen molar-refractivity contribution in [2.24, 2.45) is 0 Å². The number of benzene rings is 2. The number of anilines is 1. The number of carbonyl (C=O) groups is 1. The number of rotatable bonds is 6. The zero-order valence-corrected chi connectivity index (χ0v) is 16.6. The third-order valence-electron chi connectivity index (χ3n) is 4.60. The van der Waals surface area contributed by atoms with Gasteiger partial charge in [0.15, 0.2) is 0 Å². The summed E-state index contributed by atoms with van der Waals surface area (Å²) in [5, 5.41) is 17.6. The van der Waals surface area contributed by atoms with Crippen LogP contribution in [0.15, 0.2) is 60.7 Å². The average Bonchev–Trinajstić information content (AvgIpc) is 3.05. The second-order valence-electron chi connectivity index (χ2n) is 7.98. The summed E-state index contributed by atoms with van der Waals surface area (Å²) in [5.74, 6) is 0.813. The molecular formula is C23H27N3O2. The fourth-order valence-electron chi connectivity index (χ4n) is 2.94. The quantitative estimate of drug-likeness (QED) is 0.664. The second kappa shape index (κ2) is 8.30. The maximum absolute atomic E-state index is 12.5. The van der Waals surface area contributed by atoms with Crippen molar-refractivity contribution in [3.63, 3.8) is 0 Å². The molecule has 2 aromatic carbocycles. The van der Waals surface area contributed by atoms with Gasteiger partial charge in [-0.1, -0.05) is 69.3 Å². The van der Waals surface area contributed by atoms with Crippen LogP contribution in [0.5, 0.6) is 5.75 Å². The van der Waals surface area contributed by atoms with E-state index in [-0.39, 0.29) is 17.1 Å². The molecule has 0 aliphatic heterocycles. The Bertz CT molecular complexity index is 940. The number of carbonyl (C=O) groups excluding carboxylic acids is 1. The first-order valence-electron chi connectivity index (χ1n) is 9.52. The average molecular weight is 377 g/mol. The molecule has 0 saturated heterocycles. The SMILES string of the molecule is CC(C)(C)c1cc(NC(=O)CCc2ccccc2O)n(Cc2ccccc2)n1. The zero-order valence-electron chi connectivity index (χ0n) is 16.6. The second-order valence-corrected chi connectivity index (χ2v) is 7.98. The molecule has 0 fully saturated rings. The molecule has 2 N–H and O–H groups in total. The molecule has 0 spiro atoms. The van der Waals surface area contributed by atoms with Crippen LogP contribution in [0.3, 0.4) is 0 Å². The summed E-state index contributed by atoms with van der Waals surface area (Å²) >= 11 is 0. The van der Waals surface area contributed by atoms with E-state index in [1.807, 2.05) is 53.2 Å². The van der Waals surface area contributed by atoms with E-state index in [0.29, 0.717) is 25.2 Å². The largest absolute Gasteiger partial charge is 0.508 e. The fraction of sp³-hybridized carbons (Fsp3) is 0.304. The lowest BCUT2D eigenvalue weighted by molar-refractivity contribution is -0.116. The van der Waals surface area contributed by atoms with Gasteiger partial charge in [-0.2, -0.15) is 5.10 Å². The van der Waals surface area contributed by atoms with Gasteiger partial charge in [-0.15, -0.1) is 0 Å². The summed E-state index contributed by atoms with van der Waals surface area (Å²) in [6.45, 7) is 6.90. The Morgan fingerprint density at radius 1 is 1.07 bits per heavy atom. The van der Waals surface area contributed by atoms with Crippen molar-refractivity contribution < 1.29 is 9.90 Å². The first-order chi connectivity index (χ1) is 13.3. The Labute approximate surface area is 166 Å². The minimum atomic E-state index is -0.114. The van der Waals surface area contributed by atoms with Crippen molar-refractivity contribution in [3.05, 3.63) is 77.5 Å². The lowest BCUT2D eigenvalue weighted by atomic mass is 9.92. The molecule has 0 unspecified atom stereocenters. The lowest BCUT2D eigenvalue weighted by Gasteiger charge is -2.14. The number of nitrogens with one attached hydrogen (secondary N) is 1. The van der Waals surface area contributed by atoms with E-state index in [9.17, 15) is 9.90 Å². The highest BCUT2D eigenvalue weighted by molar-refractivity contribution is 5.90. The number of nitrogens with zero attached hydrogens (tertiary/aromatic N) is 2. The Morgan fingerprint density at radius 2 is 1.75 bits per heavy atom. The molecule has 0 bridgehead atoms. The maximum atomic E-state index is 12.5. The summed E-state index contributed by atoms with van der Waals surface area (Å²) in [6, 6.07) is 19.1. The molecule has 3 rings (SSSR count). The van der Waals surface area contributed by atoms with Crippen molar-refractivity contribution in [2.45, 2.75) is 45.6 Å². The molecule has 1 amide bonds. The Kier molecular flexibility index (Phi) is 5.83. The van der Waals surface area contributed by atoms with Crippen molar-refractivity contribution in [1.29, 1.82) is 0 Å². The molecule has 146 valence electrons. The zero-order chi connectivity index (χ0) is 20.1. The molecule has 1 aromatic heterocycles. The first-order valence-corrected chi connectivity index (χ1v) is 9.52. The van der Waals surface area contributed by atoms with Gasteiger partial charge in [-0.3, -0.25) is 4.79 Å². The molecule has 5 nitrogen and oxygen atoms in total. The monoisotopic (exact) mass is 377 g/mol. The van der Waals surface area contributed by atoms with Crippen LogP contribution in [0, 0.1) is 0 Å². The van der Waals surface area contributed by atoms with E-state index >= 15 is 0 Å². The lowest BCUT2D eigenvalue weighted by Crippen LogP contribution is -2.16. The predicted molar refractivity (Wildman–Crippen MR) is 112 cm³/mol. The highest BCUT2D eigenvalue weighted by Gasteiger charge is 2.21. The van der Waals surface area contributed by atoms with Gasteiger partial charge in [0, 0.05) is 17.9 Å². The van der Waals surface area contributed by atoms with Crippen LogP contribution >= 0.6 is 0 Å². The van der Waals surface area contributed by atoms with Crippen LogP contribution in [0.1, 0.15) is 44.0 Å². The topological polar surface area (TPSA) is 67.2 Å². The van der Waals surface area contributed by atoms with Gasteiger partial charge in [0.2, 0.25) is 5.91 Å². The third kappa shape index (κ3) is 5.00. The Hall–Kier alpha value is -3.08. The van der Waals surface area contributed by atoms with Gasteiger partial charge < -0.3 is 10.4 Å². The minimum absolute atomic E-state index is 0.0991. The van der Waals surface area contributed by atoms with Crippen LogP contribution in [-0.4, -0.2) is 20.8 Å². The molecule has 0 atom stereocenters. The van der Waals surface area contributed by atoms with Crippen LogP contribution in [0.2, 0.25) is 0 Å². The summed E-state index contributed by atoms with van der Waals surface area (Å²) in [6.07, 6.45) is 0.774. The van der Waals surface area contributed by atoms with E-state index in [4.69, 9.17) is 5.10 Å². The van der Waals surface area contributed by atoms with Gasteiger partial charge in [-0.05, 0) is 23.6 Å². The fourth-order valence-corrected chi connectivity index (χ4v) is 2.94. The molecule has 1 heterocycles. The highest BCUT2D eigenvalue weighted by atomic mass is 16.3. The number of phenolic OH excluding ortho intramolecular Hbond substituents is 1. The van der Waals surface area contributed by atoms with Gasteiger partial charge >= 0.3 is 0 Å². The van der Waals surface area contributed by atoms with Gasteiger partial charge in [0.05, 0.1) is 12.2 Å². The molecule has 0 saturated carbocycles. The van der Waals surface area contributed by atoms with E-state index < -0.39 is 0 Å². The number of aryl methyl sites for hydroxylation is 1. The van der Waals surface area contributed by atoms with Crippen molar-refractivity contribution in [1.82, 2.24) is 9.78 Å². The molecule has 0 radical (unpaired) electrons. The minimum Gasteiger partial charge on any atom is -0.508 e. The standard InChI is InChI=1S/C23H27N3O2/c1-23(2,3)20-15-21(26(25-20)16-17-9-5-4-6-10-17)24-22(28)14-13-18-11-7-8-12-19(18)27/h4-12,15,27H,13-14,16H2,1-3H3,(H,24,28). The smallest absolute Gasteiger partial charge is 0.225 e. The molecule has 5 heteroatoms. The number of amides is 1. The third-order valence-corrected chi connectivity index (χ3v) is 4.60. The van der Waals surface area contributed by atoms with E-state index in [1.54, 1.807) is 12.1 Å². The molecule has 28 heavy (non-hydrogen) atoms. The van der Waals surface area contributed by atoms with Crippen molar-refractivity contribution in [3.8, 4) is 5.75 Å². The van der Waals surface area contributed by atoms with Crippen LogP contribution in [0.25, 0.3) is 0 Å². The molecule has 3 aromatic rings. The van der Waals surface area contributed by atoms with E-state index in [2.05, 4.69) is 26.1 Å². The van der Waals surface area contributed by atoms with Crippen molar-refractivity contribution >= 4 is 11.7 Å². The van der Waals surface area contributed by atoms with E-state index in [1.165, 1.54) is 0 Å². The first kappa shape index (κ1) is 19.7. The predicted octanol–water partition coefficient (Wildman–Crippen LogP) is 4.51. The number of para-hydroxylation sites is 1. The van der Waals surface area contributed by atoms with Crippen molar-refractivity contribution in [2.75, 3.05) is 5.32 Å². The summed E-state index contributed by atoms with van der Waals surface area (Å²) in [4.78, 5) is 12.5. The van der Waals surface area contributed by atoms with Gasteiger partial charge in [0.1, 0.15) is 11.6 Å². The number of aromatic nitrogens is 2. The Morgan fingerprint density at radius 3 is 2.43 bits per heavy atom.